The number of likely N-dealkylation sites (N-methyl/N-ethyl adjacent to an activating group) is 2. The number of methoxy groups -OCH3 is 2. The van der Waals surface area contributed by atoms with E-state index >= 15 is 0 Å². The first kappa shape index (κ1) is 68.5. The molecule has 0 spiro atoms. The van der Waals surface area contributed by atoms with Gasteiger partial charge < -0.3 is 50.6 Å². The molecule has 446 valence electrons. The SMILES string of the molecule is CC[C@H](C)[C@@H]([C@@H](CC(=O)N1CCC[C@H]1[C@H](OC)[C@@H](C)C(=O)NSc1ccc(NC(=O)CNC(=O)C(NC(=O)CC(C)(C)COCC(C)(C)CN2C(=O)CC(SC)C2=O)C(C)C)cc1)OC)N(C)C(=O)CNC(=O)C(NC)C(C)C. The summed E-state index contributed by atoms with van der Waals surface area (Å²) in [6.45, 7) is 21.4. The maximum absolute atomic E-state index is 14.2. The average molecular weight is 1150 g/mol. The summed E-state index contributed by atoms with van der Waals surface area (Å²) in [4.78, 5) is 124. The van der Waals surface area contributed by atoms with Crippen molar-refractivity contribution in [2.45, 2.75) is 161 Å². The number of ether oxygens (including phenoxy) is 3. The smallest absolute Gasteiger partial charge is 0.243 e. The molecule has 2 aliphatic rings. The van der Waals surface area contributed by atoms with E-state index in [4.69, 9.17) is 14.2 Å². The Morgan fingerprint density at radius 1 is 0.823 bits per heavy atom. The number of likely N-dealkylation sites (tertiary alicyclic amines) is 2. The highest BCUT2D eigenvalue weighted by molar-refractivity contribution is 8.00. The van der Waals surface area contributed by atoms with Crippen LogP contribution in [0.5, 0.6) is 0 Å². The van der Waals surface area contributed by atoms with E-state index in [2.05, 4.69) is 31.3 Å². The largest absolute Gasteiger partial charge is 0.380 e. The minimum Gasteiger partial charge on any atom is -0.380 e. The fourth-order valence-corrected chi connectivity index (χ4v) is 11.4. The van der Waals surface area contributed by atoms with Crippen LogP contribution in [0.2, 0.25) is 0 Å². The van der Waals surface area contributed by atoms with Gasteiger partial charge in [-0.2, -0.15) is 11.8 Å². The number of thioether (sulfide) groups is 1. The zero-order valence-corrected chi connectivity index (χ0v) is 51.3. The lowest BCUT2D eigenvalue weighted by atomic mass is 9.89. The number of hydrogen-bond acceptors (Lipinski definition) is 15. The second-order valence-corrected chi connectivity index (χ2v) is 25.2. The van der Waals surface area contributed by atoms with E-state index in [-0.39, 0.29) is 123 Å². The maximum atomic E-state index is 14.2. The van der Waals surface area contributed by atoms with Gasteiger partial charge in [-0.15, -0.1) is 0 Å². The van der Waals surface area contributed by atoms with E-state index in [0.29, 0.717) is 36.4 Å². The summed E-state index contributed by atoms with van der Waals surface area (Å²) in [6.07, 6.45) is 2.84. The lowest BCUT2D eigenvalue weighted by Gasteiger charge is -2.39. The molecule has 0 radical (unpaired) electrons. The zero-order chi connectivity index (χ0) is 59.5. The van der Waals surface area contributed by atoms with Gasteiger partial charge in [0.1, 0.15) is 6.04 Å². The van der Waals surface area contributed by atoms with Gasteiger partial charge in [-0.25, -0.2) is 0 Å². The van der Waals surface area contributed by atoms with Crippen molar-refractivity contribution >= 4 is 82.6 Å². The second kappa shape index (κ2) is 32.0. The first-order valence-electron chi connectivity index (χ1n) is 27.5. The lowest BCUT2D eigenvalue weighted by molar-refractivity contribution is -0.145. The van der Waals surface area contributed by atoms with Crippen molar-refractivity contribution in [3.05, 3.63) is 24.3 Å². The fraction of sp³-hybridized carbons (Fsp3) is 0.732. The number of hydrogen-bond donors (Lipinski definition) is 6. The topological polar surface area (TPSA) is 263 Å². The van der Waals surface area contributed by atoms with Gasteiger partial charge in [0.2, 0.25) is 53.2 Å². The van der Waals surface area contributed by atoms with Crippen LogP contribution >= 0.6 is 23.7 Å². The maximum Gasteiger partial charge on any atom is 0.243 e. The molecule has 9 atom stereocenters. The Hall–Kier alpha value is -4.81. The van der Waals surface area contributed by atoms with E-state index in [1.165, 1.54) is 30.9 Å². The quantitative estimate of drug-likeness (QED) is 0.0425. The molecule has 6 N–H and O–H groups in total. The Kier molecular flexibility index (Phi) is 27.7. The average Bonchev–Trinajstić information content (AvgIpc) is 3.99. The molecule has 0 aliphatic carbocycles. The molecule has 2 heterocycles. The molecule has 3 rings (SSSR count). The fourth-order valence-electron chi connectivity index (χ4n) is 10.1. The molecule has 79 heavy (non-hydrogen) atoms. The van der Waals surface area contributed by atoms with Crippen LogP contribution in [0.3, 0.4) is 0 Å². The van der Waals surface area contributed by atoms with Gasteiger partial charge in [-0.1, -0.05) is 82.6 Å². The van der Waals surface area contributed by atoms with Gasteiger partial charge in [-0.05, 0) is 85.5 Å². The molecule has 21 nitrogen and oxygen atoms in total. The van der Waals surface area contributed by atoms with Gasteiger partial charge in [0.05, 0.1) is 74.2 Å². The Morgan fingerprint density at radius 2 is 1.43 bits per heavy atom. The van der Waals surface area contributed by atoms with Crippen LogP contribution in [0.1, 0.15) is 115 Å². The molecule has 0 saturated carbocycles. The molecule has 2 aliphatic heterocycles. The Balaban J connectivity index is 1.50. The minimum atomic E-state index is -0.909. The third kappa shape index (κ3) is 20.6. The zero-order valence-electron chi connectivity index (χ0n) is 49.7. The summed E-state index contributed by atoms with van der Waals surface area (Å²) in [5, 5.41) is 13.6. The van der Waals surface area contributed by atoms with Crippen molar-refractivity contribution in [1.29, 1.82) is 0 Å². The van der Waals surface area contributed by atoms with Crippen LogP contribution in [0.15, 0.2) is 29.2 Å². The molecular formula is C56H93N9O12S2. The number of nitrogens with zero attached hydrogens (tertiary/aromatic N) is 3. The predicted molar refractivity (Wildman–Crippen MR) is 307 cm³/mol. The summed E-state index contributed by atoms with van der Waals surface area (Å²) < 4.78 is 20.8. The first-order chi connectivity index (χ1) is 37.0. The van der Waals surface area contributed by atoms with Gasteiger partial charge in [0.15, 0.2) is 0 Å². The molecule has 2 saturated heterocycles. The number of carbonyl (C=O) groups is 9. The monoisotopic (exact) mass is 1150 g/mol. The van der Waals surface area contributed by atoms with Crippen LogP contribution in [0.25, 0.3) is 0 Å². The van der Waals surface area contributed by atoms with Gasteiger partial charge in [0, 0.05) is 63.2 Å². The summed E-state index contributed by atoms with van der Waals surface area (Å²) in [5.74, 6) is -3.75. The lowest BCUT2D eigenvalue weighted by Crippen LogP contribution is -2.55. The van der Waals surface area contributed by atoms with Gasteiger partial charge in [0.25, 0.3) is 0 Å². The number of benzene rings is 1. The third-order valence-electron chi connectivity index (χ3n) is 14.8. The number of anilines is 1. The van der Waals surface area contributed by atoms with Gasteiger partial charge >= 0.3 is 0 Å². The van der Waals surface area contributed by atoms with E-state index in [1.807, 2.05) is 61.6 Å². The van der Waals surface area contributed by atoms with Crippen molar-refractivity contribution in [2.24, 2.45) is 34.5 Å². The second-order valence-electron chi connectivity index (χ2n) is 23.3. The van der Waals surface area contributed by atoms with Crippen LogP contribution in [-0.4, -0.2) is 183 Å². The van der Waals surface area contributed by atoms with E-state index < -0.39 is 58.9 Å². The first-order valence-corrected chi connectivity index (χ1v) is 29.6. The molecule has 0 aromatic heterocycles. The van der Waals surface area contributed by atoms with E-state index in [9.17, 15) is 43.2 Å². The number of nitrogens with one attached hydrogen (secondary N) is 6. The van der Waals surface area contributed by atoms with E-state index in [1.54, 1.807) is 68.9 Å². The molecule has 3 unspecified atom stereocenters. The highest BCUT2D eigenvalue weighted by Crippen LogP contribution is 2.32. The standard InChI is InChI=1S/C56H93N9O12S2/c1-17-35(6)49(63(13)46(70)29-59-52(72)47(57-12)33(2)3)40(75-14)25-44(68)64-24-18-19-39(64)50(76-15)36(7)51(71)62-79-38-22-20-37(21-23-38)60-43(67)28-58-53(73)48(34(4)5)61-42(66)27-55(8,9)31-77-32-56(10,11)30-65-45(69)26-41(78-16)54(65)74/h20-23,33-36,39-41,47-50,57H,17-19,24-32H2,1-16H3,(H,58,73)(H,59,72)(H,60,67)(H,61,66)(H,62,71)/t35-,36+,39-,40+,41?,47?,48?,49-,50+/m0/s1. The van der Waals surface area contributed by atoms with Crippen molar-refractivity contribution < 1.29 is 57.4 Å². The van der Waals surface area contributed by atoms with Crippen molar-refractivity contribution in [2.75, 3.05) is 79.3 Å². The highest BCUT2D eigenvalue weighted by atomic mass is 32.2. The van der Waals surface area contributed by atoms with Crippen LogP contribution in [0.4, 0.5) is 5.69 Å². The summed E-state index contributed by atoms with van der Waals surface area (Å²) >= 11 is 2.46. The predicted octanol–water partition coefficient (Wildman–Crippen LogP) is 4.24. The summed E-state index contributed by atoms with van der Waals surface area (Å²) in [7, 11) is 6.42. The Morgan fingerprint density at radius 3 is 1.99 bits per heavy atom. The number of carbonyl (C=O) groups excluding carboxylic acids is 9. The highest BCUT2D eigenvalue weighted by Gasteiger charge is 2.43. The number of imide groups is 1. The molecule has 0 bridgehead atoms. The molecule has 9 amide bonds. The number of rotatable bonds is 33. The van der Waals surface area contributed by atoms with E-state index in [0.717, 1.165) is 11.9 Å². The molecular weight excluding hydrogens is 1050 g/mol. The number of amides is 9. The molecule has 23 heteroatoms. The van der Waals surface area contributed by atoms with Gasteiger partial charge in [-0.3, -0.25) is 52.8 Å². The third-order valence-corrected chi connectivity index (χ3v) is 16.5. The molecule has 1 aromatic carbocycles. The Labute approximate surface area is 477 Å². The molecule has 1 aromatic rings. The van der Waals surface area contributed by atoms with Crippen LogP contribution in [-0.2, 0) is 57.4 Å². The van der Waals surface area contributed by atoms with Crippen molar-refractivity contribution in [1.82, 2.24) is 40.7 Å². The summed E-state index contributed by atoms with van der Waals surface area (Å²) in [6, 6.07) is 4.55. The normalized spacial score (nSPS) is 18.6. The Bertz CT molecular complexity index is 2230. The van der Waals surface area contributed by atoms with Crippen molar-refractivity contribution in [3.63, 3.8) is 0 Å². The molecule has 2 fully saturated rings. The summed E-state index contributed by atoms with van der Waals surface area (Å²) in [5.41, 5.74) is -0.667. The van der Waals surface area contributed by atoms with Crippen LogP contribution < -0.4 is 31.3 Å². The van der Waals surface area contributed by atoms with Crippen LogP contribution in [0, 0.1) is 34.5 Å². The minimum absolute atomic E-state index is 0.00715. The van der Waals surface area contributed by atoms with Crippen molar-refractivity contribution in [3.8, 4) is 0 Å².